The molecule has 35 heavy (non-hydrogen) atoms. The molecule has 0 fully saturated rings. The van der Waals surface area contributed by atoms with E-state index in [0.717, 1.165) is 55.5 Å². The van der Waals surface area contributed by atoms with E-state index < -0.39 is 5.97 Å². The summed E-state index contributed by atoms with van der Waals surface area (Å²) in [6.07, 6.45) is 1.89. The lowest BCUT2D eigenvalue weighted by atomic mass is 10.0. The molecule has 0 bridgehead atoms. The van der Waals surface area contributed by atoms with E-state index in [2.05, 4.69) is 28.3 Å². The Labute approximate surface area is 211 Å². The summed E-state index contributed by atoms with van der Waals surface area (Å²) in [6, 6.07) is 15.5. The second kappa shape index (κ2) is 9.17. The molecule has 0 amide bonds. The molecule has 5 aromatic rings. The summed E-state index contributed by atoms with van der Waals surface area (Å²) < 4.78 is 3.27. The number of hydrogen-bond acceptors (Lipinski definition) is 5. The third-order valence-electron chi connectivity index (χ3n) is 6.04. The lowest BCUT2D eigenvalue weighted by Gasteiger charge is -2.10. The number of aromatic nitrogens is 1. The van der Waals surface area contributed by atoms with Crippen LogP contribution in [0, 0.1) is 0 Å². The number of nitrogens with zero attached hydrogens (tertiary/aromatic N) is 1. The van der Waals surface area contributed by atoms with Crippen molar-refractivity contribution in [3.05, 3.63) is 76.3 Å². The van der Waals surface area contributed by atoms with Gasteiger partial charge in [0.1, 0.15) is 0 Å². The molecule has 2 aromatic heterocycles. The first-order valence-corrected chi connectivity index (χ1v) is 12.5. The highest BCUT2D eigenvalue weighted by atomic mass is 35.5. The quantitative estimate of drug-likeness (QED) is 0.191. The Balaban J connectivity index is 1.64. The minimum absolute atomic E-state index is 0.0468. The molecule has 0 aliphatic heterocycles. The third kappa shape index (κ3) is 4.52. The minimum Gasteiger partial charge on any atom is -0.481 e. The van der Waals surface area contributed by atoms with Gasteiger partial charge in [-0.05, 0) is 71.0 Å². The molecule has 0 aliphatic rings. The Morgan fingerprint density at radius 1 is 1.03 bits per heavy atom. The van der Waals surface area contributed by atoms with Gasteiger partial charge >= 0.3 is 5.97 Å². The molecular weight excluding hydrogens is 480 g/mol. The maximum absolute atomic E-state index is 11.6. The van der Waals surface area contributed by atoms with Crippen LogP contribution in [-0.2, 0) is 17.8 Å². The number of nitrogens with one attached hydrogen (secondary N) is 1. The molecule has 0 unspecified atom stereocenters. The molecule has 0 saturated heterocycles. The number of rotatable bonds is 7. The Kier molecular flexibility index (Phi) is 6.05. The van der Waals surface area contributed by atoms with E-state index in [1.165, 1.54) is 0 Å². The fourth-order valence-electron chi connectivity index (χ4n) is 4.61. The zero-order valence-electron chi connectivity index (χ0n) is 19.1. The predicted octanol–water partition coefficient (Wildman–Crippen LogP) is 6.45. The second-order valence-corrected chi connectivity index (χ2v) is 9.91. The van der Waals surface area contributed by atoms with Crippen LogP contribution in [-0.4, -0.2) is 22.2 Å². The van der Waals surface area contributed by atoms with Gasteiger partial charge in [0, 0.05) is 52.0 Å². The van der Waals surface area contributed by atoms with Gasteiger partial charge in [0.05, 0.1) is 16.8 Å². The Morgan fingerprint density at radius 2 is 1.80 bits per heavy atom. The van der Waals surface area contributed by atoms with Crippen LogP contribution in [0.4, 0.5) is 17.1 Å². The van der Waals surface area contributed by atoms with Crippen molar-refractivity contribution in [2.75, 3.05) is 23.3 Å². The molecule has 2 heterocycles. The van der Waals surface area contributed by atoms with Gasteiger partial charge in [-0.3, -0.25) is 4.79 Å². The maximum atomic E-state index is 11.6. The van der Waals surface area contributed by atoms with Gasteiger partial charge in [0.15, 0.2) is 0 Å². The van der Waals surface area contributed by atoms with Gasteiger partial charge in [0.25, 0.3) is 0 Å². The number of fused-ring (bicyclic) bond motifs is 2. The molecule has 0 radical (unpaired) electrons. The summed E-state index contributed by atoms with van der Waals surface area (Å²) in [5, 5.41) is 17.7. The molecule has 3 aromatic carbocycles. The standard InChI is InChI=1S/C27H25ClN4O2S/c1-2-31-24-10-19(28)9-23-18(14-35-27(23)24)13-32-12-17(8-26(33)34)22-4-3-15(7-25(22)32)16-5-20(29)11-21(30)6-16/h3-7,9-12,14,31H,2,8,13,29-30H2,1H3,(H,33,34). The van der Waals surface area contributed by atoms with Gasteiger partial charge in [0.2, 0.25) is 0 Å². The van der Waals surface area contributed by atoms with Crippen molar-refractivity contribution in [2.24, 2.45) is 0 Å². The summed E-state index contributed by atoms with van der Waals surface area (Å²) in [5.41, 5.74) is 19.0. The van der Waals surface area contributed by atoms with Gasteiger partial charge in [-0.1, -0.05) is 23.7 Å². The molecule has 0 aliphatic carbocycles. The van der Waals surface area contributed by atoms with Crippen LogP contribution in [0.2, 0.25) is 5.02 Å². The average Bonchev–Trinajstić information content (AvgIpc) is 3.34. The minimum atomic E-state index is -0.861. The van der Waals surface area contributed by atoms with E-state index in [1.54, 1.807) is 17.4 Å². The van der Waals surface area contributed by atoms with Gasteiger partial charge in [-0.15, -0.1) is 11.3 Å². The highest BCUT2D eigenvalue weighted by Crippen LogP contribution is 2.37. The van der Waals surface area contributed by atoms with Gasteiger partial charge in [-0.2, -0.15) is 0 Å². The van der Waals surface area contributed by atoms with Crippen LogP contribution in [0.25, 0.3) is 32.1 Å². The van der Waals surface area contributed by atoms with Crippen LogP contribution in [0.1, 0.15) is 18.1 Å². The molecule has 0 saturated carbocycles. The molecule has 6 N–H and O–H groups in total. The fourth-order valence-corrected chi connectivity index (χ4v) is 5.86. The van der Waals surface area contributed by atoms with Gasteiger partial charge in [-0.25, -0.2) is 0 Å². The second-order valence-electron chi connectivity index (χ2n) is 8.59. The van der Waals surface area contributed by atoms with Crippen molar-refractivity contribution in [3.8, 4) is 11.1 Å². The van der Waals surface area contributed by atoms with E-state index in [1.807, 2.05) is 42.6 Å². The van der Waals surface area contributed by atoms with Crippen LogP contribution in [0.15, 0.2) is 60.1 Å². The van der Waals surface area contributed by atoms with Crippen molar-refractivity contribution >= 4 is 67.0 Å². The zero-order chi connectivity index (χ0) is 24.7. The molecular formula is C27H25ClN4O2S. The lowest BCUT2D eigenvalue weighted by Crippen LogP contribution is -2.00. The number of carboxylic acid groups (broad SMARTS) is 1. The average molecular weight is 505 g/mol. The number of thiophene rings is 1. The Morgan fingerprint density at radius 3 is 2.51 bits per heavy atom. The van der Waals surface area contributed by atoms with Crippen LogP contribution in [0.5, 0.6) is 0 Å². The largest absolute Gasteiger partial charge is 0.481 e. The van der Waals surface area contributed by atoms with Crippen molar-refractivity contribution in [3.63, 3.8) is 0 Å². The molecule has 0 spiro atoms. The number of halogens is 1. The monoisotopic (exact) mass is 504 g/mol. The number of benzene rings is 3. The molecule has 0 atom stereocenters. The zero-order valence-corrected chi connectivity index (χ0v) is 20.7. The maximum Gasteiger partial charge on any atom is 0.307 e. The number of aliphatic carboxylic acids is 1. The van der Waals surface area contributed by atoms with E-state index >= 15 is 0 Å². The SMILES string of the molecule is CCNc1cc(Cl)cc2c(Cn3cc(CC(=O)O)c4ccc(-c5cc(N)cc(N)c5)cc43)csc12. The summed E-state index contributed by atoms with van der Waals surface area (Å²) in [4.78, 5) is 11.6. The van der Waals surface area contributed by atoms with Crippen molar-refractivity contribution in [1.29, 1.82) is 0 Å². The van der Waals surface area contributed by atoms with E-state index in [-0.39, 0.29) is 6.42 Å². The molecule has 8 heteroatoms. The van der Waals surface area contributed by atoms with Crippen LogP contribution < -0.4 is 16.8 Å². The number of anilines is 3. The number of hydrogen-bond donors (Lipinski definition) is 4. The topological polar surface area (TPSA) is 106 Å². The number of nitrogens with two attached hydrogens (primary N) is 2. The summed E-state index contributed by atoms with van der Waals surface area (Å²) in [7, 11) is 0. The first-order valence-electron chi connectivity index (χ1n) is 11.3. The van der Waals surface area contributed by atoms with Crippen molar-refractivity contribution < 1.29 is 9.90 Å². The fraction of sp³-hybridized carbons (Fsp3) is 0.148. The summed E-state index contributed by atoms with van der Waals surface area (Å²) in [6.45, 7) is 3.45. The Bertz CT molecular complexity index is 1570. The van der Waals surface area contributed by atoms with E-state index in [9.17, 15) is 9.90 Å². The smallest absolute Gasteiger partial charge is 0.307 e. The van der Waals surface area contributed by atoms with Crippen LogP contribution >= 0.6 is 22.9 Å². The summed E-state index contributed by atoms with van der Waals surface area (Å²) >= 11 is 8.11. The number of carbonyl (C=O) groups is 1. The predicted molar refractivity (Wildman–Crippen MR) is 148 cm³/mol. The van der Waals surface area contributed by atoms with Crippen molar-refractivity contribution in [1.82, 2.24) is 4.57 Å². The molecule has 5 rings (SSSR count). The number of nitrogen functional groups attached to an aromatic ring is 2. The molecule has 178 valence electrons. The normalized spacial score (nSPS) is 11.4. The highest BCUT2D eigenvalue weighted by Gasteiger charge is 2.16. The van der Waals surface area contributed by atoms with Crippen LogP contribution in [0.3, 0.4) is 0 Å². The van der Waals surface area contributed by atoms with Crippen molar-refractivity contribution in [2.45, 2.75) is 19.9 Å². The summed E-state index contributed by atoms with van der Waals surface area (Å²) in [5.74, 6) is -0.861. The Hall–Kier alpha value is -3.68. The molecule has 6 nitrogen and oxygen atoms in total. The first kappa shape index (κ1) is 23.1. The first-order chi connectivity index (χ1) is 16.8. The van der Waals surface area contributed by atoms with Gasteiger partial charge < -0.3 is 26.5 Å². The highest BCUT2D eigenvalue weighted by molar-refractivity contribution is 7.18. The van der Waals surface area contributed by atoms with E-state index in [4.69, 9.17) is 23.1 Å². The number of carboxylic acids is 1. The van der Waals surface area contributed by atoms with E-state index in [0.29, 0.717) is 22.9 Å². The lowest BCUT2D eigenvalue weighted by molar-refractivity contribution is -0.136. The third-order valence-corrected chi connectivity index (χ3v) is 7.34.